The molecule has 0 radical (unpaired) electrons. The first-order valence-electron chi connectivity index (χ1n) is 18.0. The van der Waals surface area contributed by atoms with Gasteiger partial charge in [-0.05, 0) is 53.5 Å². The number of likely N-dealkylation sites (N-methyl/N-ethyl adjacent to an activating group) is 2. The van der Waals surface area contributed by atoms with E-state index in [0.29, 0.717) is 55.8 Å². The van der Waals surface area contributed by atoms with Crippen LogP contribution in [0.1, 0.15) is 54.0 Å². The van der Waals surface area contributed by atoms with E-state index >= 15 is 0 Å². The van der Waals surface area contributed by atoms with Crippen LogP contribution in [0, 0.1) is 0 Å². The van der Waals surface area contributed by atoms with Crippen LogP contribution in [-0.4, -0.2) is 89.9 Å². The van der Waals surface area contributed by atoms with Crippen molar-refractivity contribution in [3.8, 4) is 0 Å². The van der Waals surface area contributed by atoms with E-state index in [9.17, 15) is 27.6 Å². The Morgan fingerprint density at radius 3 is 2.17 bits per heavy atom. The second kappa shape index (κ2) is 16.2. The summed E-state index contributed by atoms with van der Waals surface area (Å²) in [6.07, 6.45) is 0.413. The van der Waals surface area contributed by atoms with Gasteiger partial charge in [-0.15, -0.1) is 11.6 Å². The summed E-state index contributed by atoms with van der Waals surface area (Å²) in [6, 6.07) is 25.5. The Hall–Kier alpha value is -4.32. The molecule has 2 atom stereocenters. The fourth-order valence-electron chi connectivity index (χ4n) is 8.12. The number of likely N-dealkylation sites (tertiary alicyclic amines) is 1. The average molecular weight is 783 g/mol. The van der Waals surface area contributed by atoms with Gasteiger partial charge in [-0.25, -0.2) is 4.79 Å². The molecule has 3 aromatic carbocycles. The second-order valence-corrected chi connectivity index (χ2v) is 15.3. The minimum Gasteiger partial charge on any atom is -0.346 e. The van der Waals surface area contributed by atoms with Crippen molar-refractivity contribution in [1.29, 1.82) is 0 Å². The van der Waals surface area contributed by atoms with Gasteiger partial charge in [0, 0.05) is 45.3 Å². The summed E-state index contributed by atoms with van der Waals surface area (Å²) in [7, 11) is 2.61. The predicted molar refractivity (Wildman–Crippen MR) is 204 cm³/mol. The van der Waals surface area contributed by atoms with Gasteiger partial charge in [0.25, 0.3) is 0 Å². The zero-order valence-corrected chi connectivity index (χ0v) is 31.7. The SMILES string of the molecule is CN(CC(CCN1CCC2(CC1)NC(=O)Cc1ccccc12)(C1=C(Cl)C(Cl)CC=C1)N(C)C(=O)NC(c1ccccc1)c1ccccc1)C(=O)C(F)(F)F. The molecule has 1 fully saturated rings. The van der Waals surface area contributed by atoms with E-state index in [2.05, 4.69) is 21.6 Å². The lowest BCUT2D eigenvalue weighted by atomic mass is 9.75. The molecular formula is C41H44Cl2F3N5O3. The molecule has 2 aliphatic heterocycles. The van der Waals surface area contributed by atoms with E-state index in [4.69, 9.17) is 23.2 Å². The fourth-order valence-corrected chi connectivity index (χ4v) is 8.67. The number of halogens is 5. The van der Waals surface area contributed by atoms with Crippen molar-refractivity contribution in [2.45, 2.75) is 60.8 Å². The van der Waals surface area contributed by atoms with Crippen LogP contribution in [0.2, 0.25) is 0 Å². The van der Waals surface area contributed by atoms with Crippen molar-refractivity contribution in [3.05, 3.63) is 130 Å². The summed E-state index contributed by atoms with van der Waals surface area (Å²) in [5.74, 6) is -2.07. The summed E-state index contributed by atoms with van der Waals surface area (Å²) in [5, 5.41) is 5.89. The third-order valence-electron chi connectivity index (χ3n) is 11.0. The summed E-state index contributed by atoms with van der Waals surface area (Å²) >= 11 is 13.6. The smallest absolute Gasteiger partial charge is 0.346 e. The minimum atomic E-state index is -5.15. The number of amides is 4. The fraction of sp³-hybridized carbons (Fsp3) is 0.390. The second-order valence-electron chi connectivity index (χ2n) is 14.4. The molecule has 0 bridgehead atoms. The van der Waals surface area contributed by atoms with Crippen LogP contribution in [0.4, 0.5) is 18.0 Å². The van der Waals surface area contributed by atoms with Crippen LogP contribution in [0.5, 0.6) is 0 Å². The van der Waals surface area contributed by atoms with Crippen LogP contribution >= 0.6 is 23.2 Å². The summed E-state index contributed by atoms with van der Waals surface area (Å²) < 4.78 is 41.9. The highest BCUT2D eigenvalue weighted by molar-refractivity contribution is 6.38. The molecule has 3 aliphatic rings. The largest absolute Gasteiger partial charge is 0.471 e. The first-order chi connectivity index (χ1) is 25.7. The van der Waals surface area contributed by atoms with Gasteiger partial charge in [-0.1, -0.05) is 109 Å². The van der Waals surface area contributed by atoms with E-state index < -0.39 is 47.2 Å². The van der Waals surface area contributed by atoms with Gasteiger partial charge in [0.15, 0.2) is 0 Å². The van der Waals surface area contributed by atoms with E-state index in [1.165, 1.54) is 11.9 Å². The number of hydrogen-bond donors (Lipinski definition) is 2. The maximum absolute atomic E-state index is 14.6. The summed E-state index contributed by atoms with van der Waals surface area (Å²) in [5.41, 5.74) is 2.00. The number of benzene rings is 3. The normalized spacial score (nSPS) is 19.6. The van der Waals surface area contributed by atoms with Crippen molar-refractivity contribution in [2.75, 3.05) is 40.3 Å². The molecule has 0 aromatic heterocycles. The van der Waals surface area contributed by atoms with Gasteiger partial charge in [0.1, 0.15) is 0 Å². The van der Waals surface area contributed by atoms with E-state index in [0.717, 1.165) is 29.3 Å². The molecule has 6 rings (SSSR count). The van der Waals surface area contributed by atoms with Crippen LogP contribution in [0.15, 0.2) is 108 Å². The van der Waals surface area contributed by atoms with Crippen molar-refractivity contribution in [3.63, 3.8) is 0 Å². The molecule has 8 nitrogen and oxygen atoms in total. The maximum Gasteiger partial charge on any atom is 0.471 e. The lowest BCUT2D eigenvalue weighted by molar-refractivity contribution is -0.185. The Labute approximate surface area is 324 Å². The van der Waals surface area contributed by atoms with E-state index in [1.54, 1.807) is 12.2 Å². The van der Waals surface area contributed by atoms with Crippen molar-refractivity contribution in [2.24, 2.45) is 0 Å². The number of carbonyl (C=O) groups is 3. The van der Waals surface area contributed by atoms with Crippen LogP contribution < -0.4 is 10.6 Å². The van der Waals surface area contributed by atoms with E-state index in [1.807, 2.05) is 78.9 Å². The average Bonchev–Trinajstić information content (AvgIpc) is 3.17. The molecule has 13 heteroatoms. The lowest BCUT2D eigenvalue weighted by Gasteiger charge is -2.49. The first kappa shape index (κ1) is 39.4. The molecule has 54 heavy (non-hydrogen) atoms. The van der Waals surface area contributed by atoms with Crippen LogP contribution in [0.3, 0.4) is 0 Å². The molecule has 4 amide bonds. The topological polar surface area (TPSA) is 85.0 Å². The van der Waals surface area contributed by atoms with Gasteiger partial charge >= 0.3 is 18.1 Å². The molecule has 3 aromatic rings. The molecule has 2 heterocycles. The van der Waals surface area contributed by atoms with Crippen molar-refractivity contribution in [1.82, 2.24) is 25.3 Å². The Balaban J connectivity index is 1.35. The van der Waals surface area contributed by atoms with Crippen molar-refractivity contribution < 1.29 is 27.6 Å². The number of carbonyl (C=O) groups excluding carboxylic acids is 3. The van der Waals surface area contributed by atoms with Crippen molar-refractivity contribution >= 4 is 41.0 Å². The number of allylic oxidation sites excluding steroid dienone is 2. The van der Waals surface area contributed by atoms with E-state index in [-0.39, 0.29) is 17.4 Å². The Kier molecular flexibility index (Phi) is 11.8. The van der Waals surface area contributed by atoms with Crippen LogP contribution in [-0.2, 0) is 21.5 Å². The van der Waals surface area contributed by atoms with Crippen LogP contribution in [0.25, 0.3) is 0 Å². The zero-order chi connectivity index (χ0) is 38.7. The summed E-state index contributed by atoms with van der Waals surface area (Å²) in [6.45, 7) is 0.968. The zero-order valence-electron chi connectivity index (χ0n) is 30.2. The number of urea groups is 1. The molecular weight excluding hydrogens is 738 g/mol. The molecule has 1 spiro atoms. The molecule has 1 aliphatic carbocycles. The molecule has 1 saturated heterocycles. The van der Waals surface area contributed by atoms with Gasteiger partial charge in [-0.2, -0.15) is 13.2 Å². The minimum absolute atomic E-state index is 0.0308. The predicted octanol–water partition coefficient (Wildman–Crippen LogP) is 7.29. The Bertz CT molecular complexity index is 1860. The third kappa shape index (κ3) is 8.18. The number of piperidine rings is 1. The molecule has 286 valence electrons. The highest BCUT2D eigenvalue weighted by Gasteiger charge is 2.49. The molecule has 2 N–H and O–H groups in total. The lowest BCUT2D eigenvalue weighted by Crippen LogP contribution is -2.62. The standard InChI is InChI=1S/C41H44Cl2F3N5O3/c1-49(37(53)41(44,45)46)27-40(32-18-11-19-33(42)35(32)43,50(2)38(54)47-36(28-12-5-3-6-13-28)29-14-7-4-8-15-29)22-25-51-23-20-39(21-24-51)31-17-10-9-16-30(31)26-34(52)48-39/h3-18,33,36H,19-27H2,1-2H3,(H,47,54)(H,48,52). The number of rotatable bonds is 10. The third-order valence-corrected chi connectivity index (χ3v) is 12.0. The highest BCUT2D eigenvalue weighted by atomic mass is 35.5. The molecule has 2 unspecified atom stereocenters. The first-order valence-corrected chi connectivity index (χ1v) is 18.8. The Morgan fingerprint density at radius 2 is 1.56 bits per heavy atom. The number of alkyl halides is 4. The number of hydrogen-bond acceptors (Lipinski definition) is 4. The quantitative estimate of drug-likeness (QED) is 0.212. The number of fused-ring (bicyclic) bond motifs is 2. The maximum atomic E-state index is 14.6. The number of nitrogens with one attached hydrogen (secondary N) is 2. The highest BCUT2D eigenvalue weighted by Crippen LogP contribution is 2.42. The van der Waals surface area contributed by atoms with Gasteiger partial charge in [0.05, 0.1) is 28.9 Å². The monoisotopic (exact) mass is 781 g/mol. The Morgan fingerprint density at radius 1 is 0.963 bits per heavy atom. The van der Waals surface area contributed by atoms with Gasteiger partial charge in [0.2, 0.25) is 5.91 Å². The van der Waals surface area contributed by atoms with Gasteiger partial charge in [-0.3, -0.25) is 9.59 Å². The molecule has 0 saturated carbocycles. The summed E-state index contributed by atoms with van der Waals surface area (Å²) in [4.78, 5) is 44.3. The van der Waals surface area contributed by atoms with Gasteiger partial charge < -0.3 is 25.3 Å². The number of nitrogens with zero attached hydrogens (tertiary/aromatic N) is 3.